The number of hydrogen-bond donors (Lipinski definition) is 1. The fourth-order valence-corrected chi connectivity index (χ4v) is 3.39. The van der Waals surface area contributed by atoms with Gasteiger partial charge in [0, 0.05) is 19.6 Å². The van der Waals surface area contributed by atoms with Crippen LogP contribution in [0, 0.1) is 0 Å². The van der Waals surface area contributed by atoms with Gasteiger partial charge in [0.2, 0.25) is 0 Å². The van der Waals surface area contributed by atoms with Gasteiger partial charge in [0.25, 0.3) is 10.2 Å². The van der Waals surface area contributed by atoms with Gasteiger partial charge in [0.1, 0.15) is 6.54 Å². The summed E-state index contributed by atoms with van der Waals surface area (Å²) in [6, 6.07) is 0. The summed E-state index contributed by atoms with van der Waals surface area (Å²) < 4.78 is 61.8. The molecule has 1 saturated heterocycles. The number of hydrogen-bond acceptors (Lipinski definition) is 3. The number of nitrogens with two attached hydrogens (primary N) is 1. The van der Waals surface area contributed by atoms with Crippen LogP contribution >= 0.6 is 0 Å². The molecule has 0 aromatic heterocycles. The third-order valence-corrected chi connectivity index (χ3v) is 4.42. The van der Waals surface area contributed by atoms with E-state index in [4.69, 9.17) is 5.73 Å². The molecule has 0 spiro atoms. The van der Waals surface area contributed by atoms with Crippen molar-refractivity contribution < 1.29 is 21.6 Å². The lowest BCUT2D eigenvalue weighted by Gasteiger charge is -2.34. The second-order valence-electron chi connectivity index (χ2n) is 3.85. The second kappa shape index (κ2) is 5.51. The minimum atomic E-state index is -4.51. The molecule has 0 unspecified atom stereocenters. The molecule has 102 valence electrons. The summed E-state index contributed by atoms with van der Waals surface area (Å²) in [5, 5.41) is 0. The van der Waals surface area contributed by atoms with Gasteiger partial charge in [-0.2, -0.15) is 30.2 Å². The molecule has 2 N–H and O–H groups in total. The summed E-state index contributed by atoms with van der Waals surface area (Å²) in [6.07, 6.45) is -3.66. The Kier molecular flexibility index (Phi) is 4.76. The molecular formula is C8H16F3N3O2S. The van der Waals surface area contributed by atoms with Crippen LogP contribution in [0.5, 0.6) is 0 Å². The molecule has 0 aromatic carbocycles. The molecule has 1 aliphatic heterocycles. The lowest BCUT2D eigenvalue weighted by molar-refractivity contribution is -0.137. The first-order valence-corrected chi connectivity index (χ1v) is 6.69. The van der Waals surface area contributed by atoms with Crippen molar-refractivity contribution in [1.29, 1.82) is 0 Å². The van der Waals surface area contributed by atoms with E-state index in [1.807, 2.05) is 0 Å². The first-order valence-electron chi connectivity index (χ1n) is 5.29. The van der Waals surface area contributed by atoms with Crippen molar-refractivity contribution in [3.8, 4) is 0 Å². The van der Waals surface area contributed by atoms with Crippen molar-refractivity contribution in [3.63, 3.8) is 0 Å². The Bertz CT molecular complexity index is 344. The third-order valence-electron chi connectivity index (χ3n) is 2.43. The van der Waals surface area contributed by atoms with E-state index in [1.54, 1.807) is 0 Å². The quantitative estimate of drug-likeness (QED) is 0.794. The van der Waals surface area contributed by atoms with Crippen LogP contribution in [0.3, 0.4) is 0 Å². The molecule has 0 aromatic rings. The van der Waals surface area contributed by atoms with Crippen LogP contribution in [0.1, 0.15) is 12.8 Å². The molecule has 0 atom stereocenters. The van der Waals surface area contributed by atoms with Gasteiger partial charge in [-0.15, -0.1) is 0 Å². The van der Waals surface area contributed by atoms with Gasteiger partial charge < -0.3 is 5.73 Å². The molecule has 17 heavy (non-hydrogen) atoms. The van der Waals surface area contributed by atoms with Gasteiger partial charge in [0.05, 0.1) is 0 Å². The van der Waals surface area contributed by atoms with E-state index in [1.165, 1.54) is 0 Å². The maximum Gasteiger partial charge on any atom is 0.402 e. The standard InChI is InChI=1S/C8H16F3N3O2S/c9-8(10,11)7-14-6-2-5-13(4-1-3-12)17(14,15)16/h1-7,12H2. The molecule has 0 bridgehead atoms. The normalized spacial score (nSPS) is 22.8. The smallest absolute Gasteiger partial charge is 0.330 e. The lowest BCUT2D eigenvalue weighted by Crippen LogP contribution is -2.52. The Morgan fingerprint density at radius 1 is 1.18 bits per heavy atom. The highest BCUT2D eigenvalue weighted by Gasteiger charge is 2.40. The van der Waals surface area contributed by atoms with E-state index < -0.39 is 22.9 Å². The average Bonchev–Trinajstić information content (AvgIpc) is 2.17. The summed E-state index contributed by atoms with van der Waals surface area (Å²) in [5.41, 5.74) is 5.26. The maximum absolute atomic E-state index is 12.2. The molecule has 1 heterocycles. The Balaban J connectivity index is 2.73. The summed E-state index contributed by atoms with van der Waals surface area (Å²) in [6.45, 7) is -0.759. The first-order chi connectivity index (χ1) is 7.77. The van der Waals surface area contributed by atoms with Gasteiger partial charge in [-0.05, 0) is 19.4 Å². The summed E-state index contributed by atoms with van der Waals surface area (Å²) >= 11 is 0. The number of alkyl halides is 3. The van der Waals surface area contributed by atoms with E-state index in [0.717, 1.165) is 4.31 Å². The molecule has 9 heteroatoms. The van der Waals surface area contributed by atoms with Crippen molar-refractivity contribution in [2.24, 2.45) is 5.73 Å². The number of nitrogens with zero attached hydrogens (tertiary/aromatic N) is 2. The fourth-order valence-electron chi connectivity index (χ4n) is 1.67. The van der Waals surface area contributed by atoms with Gasteiger partial charge in [0.15, 0.2) is 0 Å². The van der Waals surface area contributed by atoms with Gasteiger partial charge in [-0.1, -0.05) is 0 Å². The van der Waals surface area contributed by atoms with Crippen molar-refractivity contribution in [2.45, 2.75) is 19.0 Å². The maximum atomic E-state index is 12.2. The van der Waals surface area contributed by atoms with Crippen LogP contribution in [0.4, 0.5) is 13.2 Å². The van der Waals surface area contributed by atoms with Gasteiger partial charge >= 0.3 is 6.18 Å². The van der Waals surface area contributed by atoms with E-state index in [2.05, 4.69) is 0 Å². The highest BCUT2D eigenvalue weighted by molar-refractivity contribution is 7.86. The van der Waals surface area contributed by atoms with Gasteiger partial charge in [-0.3, -0.25) is 0 Å². The molecule has 5 nitrogen and oxygen atoms in total. The molecule has 1 rings (SSSR count). The van der Waals surface area contributed by atoms with Crippen LogP contribution in [0.15, 0.2) is 0 Å². The average molecular weight is 275 g/mol. The highest BCUT2D eigenvalue weighted by Crippen LogP contribution is 2.23. The topological polar surface area (TPSA) is 66.6 Å². The van der Waals surface area contributed by atoms with Crippen LogP contribution in [-0.2, 0) is 10.2 Å². The molecule has 0 radical (unpaired) electrons. The number of rotatable bonds is 4. The third kappa shape index (κ3) is 4.09. The molecule has 0 saturated carbocycles. The Morgan fingerprint density at radius 2 is 1.76 bits per heavy atom. The minimum Gasteiger partial charge on any atom is -0.330 e. The highest BCUT2D eigenvalue weighted by atomic mass is 32.2. The summed E-state index contributed by atoms with van der Waals surface area (Å²) in [4.78, 5) is 0. The van der Waals surface area contributed by atoms with Crippen molar-refractivity contribution >= 4 is 10.2 Å². The number of halogens is 3. The van der Waals surface area contributed by atoms with E-state index in [0.29, 0.717) is 23.7 Å². The predicted octanol–water partition coefficient (Wildman–Crippen LogP) is 0.150. The molecule has 1 aliphatic rings. The molecule has 0 aliphatic carbocycles. The zero-order valence-corrected chi connectivity index (χ0v) is 10.1. The largest absolute Gasteiger partial charge is 0.402 e. The Labute approximate surface area is 98.5 Å². The summed E-state index contributed by atoms with van der Waals surface area (Å²) in [7, 11) is -3.98. The molecule has 1 fully saturated rings. The zero-order chi connectivity index (χ0) is 13.1. The van der Waals surface area contributed by atoms with E-state index in [-0.39, 0.29) is 19.6 Å². The fraction of sp³-hybridized carbons (Fsp3) is 1.00. The molecule has 0 amide bonds. The van der Waals surface area contributed by atoms with Crippen molar-refractivity contribution in [3.05, 3.63) is 0 Å². The monoisotopic (exact) mass is 275 g/mol. The first kappa shape index (κ1) is 14.7. The van der Waals surface area contributed by atoms with Crippen LogP contribution < -0.4 is 5.73 Å². The van der Waals surface area contributed by atoms with Crippen molar-refractivity contribution in [1.82, 2.24) is 8.61 Å². The van der Waals surface area contributed by atoms with E-state index >= 15 is 0 Å². The second-order valence-corrected chi connectivity index (χ2v) is 5.78. The van der Waals surface area contributed by atoms with Crippen molar-refractivity contribution in [2.75, 3.05) is 32.7 Å². The predicted molar refractivity (Wildman–Crippen MR) is 56.4 cm³/mol. The molecular weight excluding hydrogens is 259 g/mol. The lowest BCUT2D eigenvalue weighted by atomic mass is 10.3. The van der Waals surface area contributed by atoms with Gasteiger partial charge in [-0.25, -0.2) is 0 Å². The van der Waals surface area contributed by atoms with E-state index in [9.17, 15) is 21.6 Å². The minimum absolute atomic E-state index is 0.0824. The van der Waals surface area contributed by atoms with Crippen LogP contribution in [0.25, 0.3) is 0 Å². The van der Waals surface area contributed by atoms with Crippen LogP contribution in [0.2, 0.25) is 0 Å². The SMILES string of the molecule is NCCCN1CCCN(CC(F)(F)F)S1(=O)=O. The zero-order valence-electron chi connectivity index (χ0n) is 9.28. The van der Waals surface area contributed by atoms with Crippen LogP contribution in [-0.4, -0.2) is 55.9 Å². The summed E-state index contributed by atoms with van der Waals surface area (Å²) in [5.74, 6) is 0. The Hall–Kier alpha value is -0.380. The Morgan fingerprint density at radius 3 is 2.29 bits per heavy atom.